The Morgan fingerprint density at radius 3 is 2.44 bits per heavy atom. The van der Waals surface area contributed by atoms with Crippen molar-refractivity contribution in [3.63, 3.8) is 0 Å². The molecule has 2 fully saturated rings. The van der Waals surface area contributed by atoms with Crippen molar-refractivity contribution in [2.75, 3.05) is 26.7 Å². The van der Waals surface area contributed by atoms with Gasteiger partial charge in [-0.3, -0.25) is 4.90 Å². The number of hydrogen-bond donors (Lipinski definition) is 1. The highest BCUT2D eigenvalue weighted by atomic mass is 16.3. The van der Waals surface area contributed by atoms with Gasteiger partial charge in [0.05, 0.1) is 5.60 Å². The van der Waals surface area contributed by atoms with E-state index in [0.717, 1.165) is 13.0 Å². The number of hydrogen-bond acceptors (Lipinski definition) is 3. The van der Waals surface area contributed by atoms with Gasteiger partial charge < -0.3 is 10.0 Å². The summed E-state index contributed by atoms with van der Waals surface area (Å²) in [7, 11) is 2.23. The Balaban J connectivity index is 1.93. The summed E-state index contributed by atoms with van der Waals surface area (Å²) in [5.41, 5.74) is -0.548. The van der Waals surface area contributed by atoms with Crippen molar-refractivity contribution < 1.29 is 5.11 Å². The van der Waals surface area contributed by atoms with Gasteiger partial charge in [-0.25, -0.2) is 0 Å². The van der Waals surface area contributed by atoms with Crippen LogP contribution in [0.1, 0.15) is 39.5 Å². The molecule has 2 aliphatic rings. The summed E-state index contributed by atoms with van der Waals surface area (Å²) in [5.74, 6) is 0. The van der Waals surface area contributed by atoms with Crippen LogP contribution in [-0.2, 0) is 0 Å². The molecule has 2 heterocycles. The molecule has 16 heavy (non-hydrogen) atoms. The van der Waals surface area contributed by atoms with Gasteiger partial charge >= 0.3 is 0 Å². The molecule has 0 saturated carbocycles. The molecular formula is C13H26N2O. The van der Waals surface area contributed by atoms with E-state index in [2.05, 4.69) is 16.8 Å². The minimum absolute atomic E-state index is 0.362. The molecule has 0 bridgehead atoms. The molecule has 0 aromatic carbocycles. The lowest BCUT2D eigenvalue weighted by atomic mass is 9.96. The van der Waals surface area contributed by atoms with Crippen molar-refractivity contribution in [3.8, 4) is 0 Å². The fourth-order valence-electron chi connectivity index (χ4n) is 3.33. The summed E-state index contributed by atoms with van der Waals surface area (Å²) >= 11 is 0. The molecule has 0 aromatic heterocycles. The van der Waals surface area contributed by atoms with Crippen LogP contribution in [0.15, 0.2) is 0 Å². The third-order valence-electron chi connectivity index (χ3n) is 4.30. The topological polar surface area (TPSA) is 26.7 Å². The normalized spacial score (nSPS) is 33.8. The molecule has 0 amide bonds. The maximum atomic E-state index is 10.2. The van der Waals surface area contributed by atoms with Crippen LogP contribution in [-0.4, -0.2) is 59.3 Å². The largest absolute Gasteiger partial charge is 0.389 e. The van der Waals surface area contributed by atoms with Crippen molar-refractivity contribution in [3.05, 3.63) is 0 Å². The number of nitrogens with zero attached hydrogens (tertiary/aromatic N) is 2. The third kappa shape index (κ3) is 2.58. The fourth-order valence-corrected chi connectivity index (χ4v) is 3.33. The molecule has 2 atom stereocenters. The van der Waals surface area contributed by atoms with Gasteiger partial charge in [0.15, 0.2) is 0 Å². The minimum atomic E-state index is -0.548. The lowest BCUT2D eigenvalue weighted by Gasteiger charge is -2.36. The molecule has 2 aliphatic heterocycles. The van der Waals surface area contributed by atoms with Crippen LogP contribution >= 0.6 is 0 Å². The van der Waals surface area contributed by atoms with Gasteiger partial charge in [0, 0.05) is 18.6 Å². The molecule has 0 spiro atoms. The second-order valence-corrected chi connectivity index (χ2v) is 6.08. The van der Waals surface area contributed by atoms with Crippen LogP contribution in [0.3, 0.4) is 0 Å². The molecule has 0 radical (unpaired) electrons. The molecule has 94 valence electrons. The predicted molar refractivity (Wildman–Crippen MR) is 66.5 cm³/mol. The van der Waals surface area contributed by atoms with Crippen LogP contribution in [0.25, 0.3) is 0 Å². The van der Waals surface area contributed by atoms with Gasteiger partial charge in [0.25, 0.3) is 0 Å². The first-order valence-electron chi connectivity index (χ1n) is 6.65. The van der Waals surface area contributed by atoms with E-state index < -0.39 is 5.60 Å². The van der Waals surface area contributed by atoms with Crippen LogP contribution in [0.5, 0.6) is 0 Å². The fraction of sp³-hybridized carbons (Fsp3) is 1.00. The van der Waals surface area contributed by atoms with Gasteiger partial charge in [-0.05, 0) is 59.7 Å². The van der Waals surface area contributed by atoms with Crippen molar-refractivity contribution in [2.45, 2.75) is 57.2 Å². The Labute approximate surface area is 99.4 Å². The van der Waals surface area contributed by atoms with Gasteiger partial charge in [0.2, 0.25) is 0 Å². The molecule has 0 aromatic rings. The highest BCUT2D eigenvalue weighted by Crippen LogP contribution is 2.28. The summed E-state index contributed by atoms with van der Waals surface area (Å²) in [6.07, 6.45) is 5.05. The van der Waals surface area contributed by atoms with E-state index >= 15 is 0 Å². The minimum Gasteiger partial charge on any atom is -0.389 e. The molecule has 2 unspecified atom stereocenters. The molecule has 2 rings (SSSR count). The van der Waals surface area contributed by atoms with Crippen molar-refractivity contribution >= 4 is 0 Å². The van der Waals surface area contributed by atoms with E-state index in [1.54, 1.807) is 0 Å². The first kappa shape index (κ1) is 12.3. The van der Waals surface area contributed by atoms with Crippen LogP contribution in [0, 0.1) is 0 Å². The average Bonchev–Trinajstić information content (AvgIpc) is 2.76. The lowest BCUT2D eigenvalue weighted by Crippen LogP contribution is -2.49. The zero-order valence-electron chi connectivity index (χ0n) is 10.9. The van der Waals surface area contributed by atoms with Gasteiger partial charge in [0.1, 0.15) is 0 Å². The SMILES string of the molecule is CN1CCCC1CN1CCCC1C(C)(C)O. The lowest BCUT2D eigenvalue weighted by molar-refractivity contribution is -0.00788. The standard InChI is InChI=1S/C13H26N2O/c1-13(2,16)12-7-5-9-15(12)10-11-6-4-8-14(11)3/h11-12,16H,4-10H2,1-3H3. The Hall–Kier alpha value is -0.120. The van der Waals surface area contributed by atoms with E-state index in [0.29, 0.717) is 12.1 Å². The molecule has 0 aliphatic carbocycles. The maximum absolute atomic E-state index is 10.2. The van der Waals surface area contributed by atoms with Crippen LogP contribution in [0.2, 0.25) is 0 Å². The Kier molecular flexibility index (Phi) is 3.57. The number of likely N-dealkylation sites (N-methyl/N-ethyl adjacent to an activating group) is 1. The zero-order chi connectivity index (χ0) is 11.8. The number of rotatable bonds is 3. The highest BCUT2D eigenvalue weighted by molar-refractivity contribution is 4.93. The third-order valence-corrected chi connectivity index (χ3v) is 4.30. The Morgan fingerprint density at radius 1 is 1.19 bits per heavy atom. The van der Waals surface area contributed by atoms with E-state index in [9.17, 15) is 5.11 Å². The van der Waals surface area contributed by atoms with Crippen molar-refractivity contribution in [1.29, 1.82) is 0 Å². The Bertz CT molecular complexity index is 237. The molecular weight excluding hydrogens is 200 g/mol. The summed E-state index contributed by atoms with van der Waals surface area (Å²) < 4.78 is 0. The van der Waals surface area contributed by atoms with E-state index in [4.69, 9.17) is 0 Å². The second-order valence-electron chi connectivity index (χ2n) is 6.08. The molecule has 3 heteroatoms. The number of aliphatic hydroxyl groups is 1. The molecule has 2 saturated heterocycles. The highest BCUT2D eigenvalue weighted by Gasteiger charge is 2.37. The Morgan fingerprint density at radius 2 is 1.88 bits per heavy atom. The first-order valence-corrected chi connectivity index (χ1v) is 6.65. The van der Waals surface area contributed by atoms with Crippen LogP contribution < -0.4 is 0 Å². The first-order chi connectivity index (χ1) is 7.48. The van der Waals surface area contributed by atoms with Gasteiger partial charge in [-0.1, -0.05) is 0 Å². The van der Waals surface area contributed by atoms with Gasteiger partial charge in [-0.2, -0.15) is 0 Å². The molecule has 1 N–H and O–H groups in total. The predicted octanol–water partition coefficient (Wildman–Crippen LogP) is 1.32. The monoisotopic (exact) mass is 226 g/mol. The number of likely N-dealkylation sites (tertiary alicyclic amines) is 2. The van der Waals surface area contributed by atoms with Crippen LogP contribution in [0.4, 0.5) is 0 Å². The van der Waals surface area contributed by atoms with E-state index in [1.807, 2.05) is 13.8 Å². The summed E-state index contributed by atoms with van der Waals surface area (Å²) in [4.78, 5) is 4.98. The summed E-state index contributed by atoms with van der Waals surface area (Å²) in [6.45, 7) is 7.46. The van der Waals surface area contributed by atoms with Crippen molar-refractivity contribution in [2.24, 2.45) is 0 Å². The summed E-state index contributed by atoms with van der Waals surface area (Å²) in [6, 6.07) is 1.07. The summed E-state index contributed by atoms with van der Waals surface area (Å²) in [5, 5.41) is 10.2. The van der Waals surface area contributed by atoms with Crippen molar-refractivity contribution in [1.82, 2.24) is 9.80 Å². The average molecular weight is 226 g/mol. The van der Waals surface area contributed by atoms with E-state index in [-0.39, 0.29) is 0 Å². The van der Waals surface area contributed by atoms with Gasteiger partial charge in [-0.15, -0.1) is 0 Å². The smallest absolute Gasteiger partial charge is 0.0746 e. The molecule has 3 nitrogen and oxygen atoms in total. The maximum Gasteiger partial charge on any atom is 0.0746 e. The zero-order valence-corrected chi connectivity index (χ0v) is 10.9. The quantitative estimate of drug-likeness (QED) is 0.786. The second kappa shape index (κ2) is 4.63. The van der Waals surface area contributed by atoms with E-state index in [1.165, 1.54) is 32.4 Å².